The highest BCUT2D eigenvalue weighted by Crippen LogP contribution is 2.28. The van der Waals surface area contributed by atoms with Crippen molar-refractivity contribution >= 4 is 15.9 Å². The fourth-order valence-corrected chi connectivity index (χ4v) is 3.26. The van der Waals surface area contributed by atoms with Gasteiger partial charge in [-0.25, -0.2) is 0 Å². The van der Waals surface area contributed by atoms with E-state index in [0.29, 0.717) is 12.6 Å². The molecule has 1 fully saturated rings. The Morgan fingerprint density at radius 1 is 1.47 bits per heavy atom. The zero-order valence-corrected chi connectivity index (χ0v) is 13.0. The van der Waals surface area contributed by atoms with Gasteiger partial charge >= 0.3 is 0 Å². The van der Waals surface area contributed by atoms with E-state index in [9.17, 15) is 0 Å². The molecular formula is C15H22BrNO2. The zero-order valence-electron chi connectivity index (χ0n) is 11.4. The van der Waals surface area contributed by atoms with Gasteiger partial charge in [0.2, 0.25) is 0 Å². The van der Waals surface area contributed by atoms with E-state index >= 15 is 0 Å². The van der Waals surface area contributed by atoms with Gasteiger partial charge in [-0.1, -0.05) is 15.9 Å². The molecule has 3 nitrogen and oxygen atoms in total. The van der Waals surface area contributed by atoms with E-state index in [1.54, 1.807) is 7.11 Å². The molecule has 1 atom stereocenters. The van der Waals surface area contributed by atoms with Crippen LogP contribution in [0.5, 0.6) is 5.75 Å². The van der Waals surface area contributed by atoms with Crippen LogP contribution in [0.2, 0.25) is 0 Å². The van der Waals surface area contributed by atoms with E-state index in [2.05, 4.69) is 26.9 Å². The first kappa shape index (κ1) is 14.8. The van der Waals surface area contributed by atoms with Crippen LogP contribution >= 0.6 is 15.9 Å². The zero-order chi connectivity index (χ0) is 13.7. The number of hydrogen-bond donors (Lipinski definition) is 1. The third-order valence-electron chi connectivity index (χ3n) is 3.81. The van der Waals surface area contributed by atoms with Crippen LogP contribution in [-0.4, -0.2) is 36.3 Å². The molecule has 106 valence electrons. The van der Waals surface area contributed by atoms with Gasteiger partial charge in [-0.05, 0) is 50.4 Å². The van der Waals surface area contributed by atoms with Crippen molar-refractivity contribution in [1.82, 2.24) is 4.90 Å². The summed E-state index contributed by atoms with van der Waals surface area (Å²) in [6.45, 7) is 2.37. The SMILES string of the molecule is COc1ccc(Br)cc1CN1CCCC1CCCO. The molecule has 0 spiro atoms. The Morgan fingerprint density at radius 2 is 2.32 bits per heavy atom. The van der Waals surface area contributed by atoms with E-state index < -0.39 is 0 Å². The maximum atomic E-state index is 8.98. The number of likely N-dealkylation sites (tertiary alicyclic amines) is 1. The third-order valence-corrected chi connectivity index (χ3v) is 4.30. The number of rotatable bonds is 6. The molecule has 0 amide bonds. The number of aliphatic hydroxyl groups is 1. The quantitative estimate of drug-likeness (QED) is 0.870. The highest BCUT2D eigenvalue weighted by Gasteiger charge is 2.24. The van der Waals surface area contributed by atoms with Crippen LogP contribution in [0.1, 0.15) is 31.2 Å². The van der Waals surface area contributed by atoms with Gasteiger partial charge < -0.3 is 9.84 Å². The largest absolute Gasteiger partial charge is 0.496 e. The van der Waals surface area contributed by atoms with Gasteiger partial charge in [0.25, 0.3) is 0 Å². The van der Waals surface area contributed by atoms with E-state index in [4.69, 9.17) is 9.84 Å². The summed E-state index contributed by atoms with van der Waals surface area (Å²) in [4.78, 5) is 2.51. The molecule has 1 aromatic carbocycles. The van der Waals surface area contributed by atoms with Crippen molar-refractivity contribution in [2.45, 2.75) is 38.3 Å². The van der Waals surface area contributed by atoms with Crippen LogP contribution in [0, 0.1) is 0 Å². The molecule has 1 unspecified atom stereocenters. The molecule has 0 bridgehead atoms. The van der Waals surface area contributed by atoms with Crippen molar-refractivity contribution in [3.05, 3.63) is 28.2 Å². The van der Waals surface area contributed by atoms with Crippen LogP contribution < -0.4 is 4.74 Å². The highest BCUT2D eigenvalue weighted by molar-refractivity contribution is 9.10. The average molecular weight is 328 g/mol. The van der Waals surface area contributed by atoms with Crippen LogP contribution in [0.25, 0.3) is 0 Å². The summed E-state index contributed by atoms with van der Waals surface area (Å²) in [7, 11) is 1.72. The number of benzene rings is 1. The number of nitrogens with zero attached hydrogens (tertiary/aromatic N) is 1. The van der Waals surface area contributed by atoms with Gasteiger partial charge in [-0.3, -0.25) is 4.90 Å². The summed E-state index contributed by atoms with van der Waals surface area (Å²) < 4.78 is 6.53. The van der Waals surface area contributed by atoms with E-state index in [-0.39, 0.29) is 0 Å². The van der Waals surface area contributed by atoms with Crippen molar-refractivity contribution in [3.63, 3.8) is 0 Å². The lowest BCUT2D eigenvalue weighted by Gasteiger charge is -2.25. The molecule has 1 aliphatic rings. The first-order valence-corrected chi connectivity index (χ1v) is 7.71. The fraction of sp³-hybridized carbons (Fsp3) is 0.600. The number of methoxy groups -OCH3 is 1. The average Bonchev–Trinajstić information content (AvgIpc) is 2.84. The summed E-state index contributed by atoms with van der Waals surface area (Å²) in [5, 5.41) is 8.98. The molecule has 1 aromatic rings. The molecule has 1 saturated heterocycles. The Morgan fingerprint density at radius 3 is 3.05 bits per heavy atom. The Bertz CT molecular complexity index is 411. The monoisotopic (exact) mass is 327 g/mol. The molecule has 0 radical (unpaired) electrons. The van der Waals surface area contributed by atoms with E-state index in [1.807, 2.05) is 12.1 Å². The van der Waals surface area contributed by atoms with E-state index in [0.717, 1.165) is 36.2 Å². The van der Waals surface area contributed by atoms with Crippen molar-refractivity contribution in [3.8, 4) is 5.75 Å². The minimum absolute atomic E-state index is 0.296. The van der Waals surface area contributed by atoms with Crippen LogP contribution in [0.4, 0.5) is 0 Å². The maximum Gasteiger partial charge on any atom is 0.123 e. The number of aliphatic hydroxyl groups excluding tert-OH is 1. The Kier molecular flexibility index (Phi) is 5.67. The minimum atomic E-state index is 0.296. The molecule has 0 saturated carbocycles. The van der Waals surface area contributed by atoms with Crippen molar-refractivity contribution in [2.24, 2.45) is 0 Å². The van der Waals surface area contributed by atoms with Gasteiger partial charge in [0, 0.05) is 29.2 Å². The lowest BCUT2D eigenvalue weighted by Crippen LogP contribution is -2.29. The molecule has 0 aromatic heterocycles. The summed E-state index contributed by atoms with van der Waals surface area (Å²) in [5.74, 6) is 0.955. The molecule has 1 N–H and O–H groups in total. The van der Waals surface area contributed by atoms with Gasteiger partial charge in [0.1, 0.15) is 5.75 Å². The normalized spacial score (nSPS) is 19.8. The molecule has 1 aliphatic heterocycles. The Balaban J connectivity index is 2.05. The van der Waals surface area contributed by atoms with Crippen LogP contribution in [0.15, 0.2) is 22.7 Å². The first-order chi connectivity index (χ1) is 9.24. The van der Waals surface area contributed by atoms with Crippen LogP contribution in [-0.2, 0) is 6.54 Å². The van der Waals surface area contributed by atoms with Gasteiger partial charge in [0.05, 0.1) is 7.11 Å². The summed E-state index contributed by atoms with van der Waals surface area (Å²) in [6.07, 6.45) is 4.49. The maximum absolute atomic E-state index is 8.98. The summed E-state index contributed by atoms with van der Waals surface area (Å²) in [6, 6.07) is 6.77. The third kappa shape index (κ3) is 3.94. The molecule has 0 aliphatic carbocycles. The van der Waals surface area contributed by atoms with Crippen molar-refractivity contribution in [1.29, 1.82) is 0 Å². The van der Waals surface area contributed by atoms with E-state index in [1.165, 1.54) is 18.4 Å². The highest BCUT2D eigenvalue weighted by atomic mass is 79.9. The minimum Gasteiger partial charge on any atom is -0.496 e. The standard InChI is InChI=1S/C15H22BrNO2/c1-19-15-7-6-13(16)10-12(15)11-17-8-2-4-14(17)5-3-9-18/h6-7,10,14,18H,2-5,8-9,11H2,1H3. The first-order valence-electron chi connectivity index (χ1n) is 6.92. The van der Waals surface area contributed by atoms with Crippen molar-refractivity contribution < 1.29 is 9.84 Å². The van der Waals surface area contributed by atoms with Crippen LogP contribution in [0.3, 0.4) is 0 Å². The molecular weight excluding hydrogens is 306 g/mol. The lowest BCUT2D eigenvalue weighted by molar-refractivity contribution is 0.208. The molecule has 4 heteroatoms. The molecule has 19 heavy (non-hydrogen) atoms. The van der Waals surface area contributed by atoms with Gasteiger partial charge in [0.15, 0.2) is 0 Å². The second-order valence-corrected chi connectivity index (χ2v) is 6.00. The fourth-order valence-electron chi connectivity index (χ4n) is 2.85. The Labute approximate surface area is 123 Å². The second kappa shape index (κ2) is 7.27. The summed E-state index contributed by atoms with van der Waals surface area (Å²) >= 11 is 3.52. The van der Waals surface area contributed by atoms with Gasteiger partial charge in [-0.2, -0.15) is 0 Å². The smallest absolute Gasteiger partial charge is 0.123 e. The molecule has 2 rings (SSSR count). The Hall–Kier alpha value is -0.580. The lowest BCUT2D eigenvalue weighted by atomic mass is 10.1. The van der Waals surface area contributed by atoms with Gasteiger partial charge in [-0.15, -0.1) is 0 Å². The summed E-state index contributed by atoms with van der Waals surface area (Å²) in [5.41, 5.74) is 1.23. The predicted octanol–water partition coefficient (Wildman–Crippen LogP) is 3.19. The van der Waals surface area contributed by atoms with Crippen molar-refractivity contribution in [2.75, 3.05) is 20.3 Å². The molecule has 1 heterocycles. The number of hydrogen-bond acceptors (Lipinski definition) is 3. The number of ether oxygens (including phenoxy) is 1. The topological polar surface area (TPSA) is 32.7 Å². The second-order valence-electron chi connectivity index (χ2n) is 5.09. The number of halogens is 1. The predicted molar refractivity (Wildman–Crippen MR) is 80.4 cm³/mol.